The molecule has 0 aliphatic carbocycles. The normalized spacial score (nSPS) is 10.3. The molecule has 0 aliphatic rings. The number of carbonyl (C=O) groups excluding carboxylic acids is 1. The minimum atomic E-state index is -1.27. The zero-order valence-electron chi connectivity index (χ0n) is 11.7. The maximum Gasteiger partial charge on any atom is 0.323 e. The second-order valence-electron chi connectivity index (χ2n) is 4.29. The molecule has 0 rings (SSSR count). The van der Waals surface area contributed by atoms with Crippen molar-refractivity contribution in [2.24, 2.45) is 0 Å². The zero-order valence-corrected chi connectivity index (χ0v) is 11.7. The van der Waals surface area contributed by atoms with Crippen LogP contribution in [0.25, 0.3) is 0 Å². The summed E-state index contributed by atoms with van der Waals surface area (Å²) >= 11 is 0. The van der Waals surface area contributed by atoms with E-state index in [1.165, 1.54) is 0 Å². The number of amides is 2. The van der Waals surface area contributed by atoms with E-state index in [1.54, 1.807) is 0 Å². The van der Waals surface area contributed by atoms with Crippen molar-refractivity contribution in [1.29, 1.82) is 0 Å². The van der Waals surface area contributed by atoms with Gasteiger partial charge in [-0.25, -0.2) is 4.79 Å². The van der Waals surface area contributed by atoms with Crippen LogP contribution in [-0.2, 0) is 14.3 Å². The van der Waals surface area contributed by atoms with Crippen LogP contribution in [0.1, 0.15) is 0 Å². The Morgan fingerprint density at radius 3 is 2.05 bits per heavy atom. The second-order valence-corrected chi connectivity index (χ2v) is 4.29. The predicted molar refractivity (Wildman–Crippen MR) is 69.6 cm³/mol. The first-order valence-electron chi connectivity index (χ1n) is 6.01. The molecule has 0 atom stereocenters. The number of hydrogen-bond acceptors (Lipinski definition) is 5. The molecule has 116 valence electrons. The Morgan fingerprint density at radius 1 is 1.05 bits per heavy atom. The minimum Gasteiger partial charge on any atom is -0.480 e. The molecule has 3 N–H and O–H groups in total. The van der Waals surface area contributed by atoms with Crippen LogP contribution >= 0.6 is 0 Å². The molecule has 0 fully saturated rings. The third kappa shape index (κ3) is 10.1. The van der Waals surface area contributed by atoms with E-state index >= 15 is 0 Å². The number of aliphatic carboxylic acids is 2. The summed E-state index contributed by atoms with van der Waals surface area (Å²) < 4.78 is 5.23. The molecule has 9 nitrogen and oxygen atoms in total. The number of nitrogens with one attached hydrogen (secondary N) is 1. The zero-order chi connectivity index (χ0) is 15.5. The molecular formula is C11H21N3O6. The highest BCUT2D eigenvalue weighted by molar-refractivity contribution is 5.84. The van der Waals surface area contributed by atoms with E-state index in [2.05, 4.69) is 5.32 Å². The number of urea groups is 1. The van der Waals surface area contributed by atoms with Crippen LogP contribution < -0.4 is 5.32 Å². The molecule has 0 unspecified atom stereocenters. The lowest BCUT2D eigenvalue weighted by Crippen LogP contribution is -2.46. The third-order valence-corrected chi connectivity index (χ3v) is 2.14. The number of nitrogens with zero attached hydrogens (tertiary/aromatic N) is 2. The number of carbonyl (C=O) groups is 3. The fourth-order valence-electron chi connectivity index (χ4n) is 1.22. The number of ether oxygens (including phenoxy) is 1. The van der Waals surface area contributed by atoms with Crippen molar-refractivity contribution in [3.05, 3.63) is 0 Å². The van der Waals surface area contributed by atoms with E-state index in [1.807, 2.05) is 19.0 Å². The molecule has 2 amide bonds. The first-order chi connectivity index (χ1) is 9.32. The van der Waals surface area contributed by atoms with Crippen molar-refractivity contribution in [3.63, 3.8) is 0 Å². The summed E-state index contributed by atoms with van der Waals surface area (Å²) in [6.07, 6.45) is 0. The monoisotopic (exact) mass is 291 g/mol. The number of hydrogen-bond donors (Lipinski definition) is 3. The summed E-state index contributed by atoms with van der Waals surface area (Å²) in [5, 5.41) is 19.6. The second kappa shape index (κ2) is 9.98. The molecule has 0 bridgehead atoms. The molecule has 0 aliphatic heterocycles. The topological polar surface area (TPSA) is 119 Å². The van der Waals surface area contributed by atoms with Crippen LogP contribution in [0, 0.1) is 0 Å². The van der Waals surface area contributed by atoms with Gasteiger partial charge in [-0.2, -0.15) is 0 Å². The smallest absolute Gasteiger partial charge is 0.323 e. The Morgan fingerprint density at radius 2 is 1.60 bits per heavy atom. The summed E-state index contributed by atoms with van der Waals surface area (Å²) in [6, 6.07) is -0.744. The Balaban J connectivity index is 3.94. The van der Waals surface area contributed by atoms with Gasteiger partial charge in [0.15, 0.2) is 0 Å². The van der Waals surface area contributed by atoms with Gasteiger partial charge in [-0.15, -0.1) is 0 Å². The molecule has 0 spiro atoms. The van der Waals surface area contributed by atoms with Crippen LogP contribution in [0.2, 0.25) is 0 Å². The van der Waals surface area contributed by atoms with E-state index < -0.39 is 31.1 Å². The number of carboxylic acid groups (broad SMARTS) is 2. The van der Waals surface area contributed by atoms with Gasteiger partial charge in [-0.3, -0.25) is 9.59 Å². The number of likely N-dealkylation sites (N-methyl/N-ethyl adjacent to an activating group) is 1. The SMILES string of the molecule is CN(C)CCOCCNC(=O)N(CC(=O)O)CC(=O)O. The highest BCUT2D eigenvalue weighted by atomic mass is 16.5. The molecular weight excluding hydrogens is 270 g/mol. The number of carboxylic acids is 2. The lowest BCUT2D eigenvalue weighted by atomic mass is 10.5. The van der Waals surface area contributed by atoms with Crippen LogP contribution in [0.15, 0.2) is 0 Å². The summed E-state index contributed by atoms with van der Waals surface area (Å²) in [6.45, 7) is 0.379. The van der Waals surface area contributed by atoms with Crippen molar-refractivity contribution in [2.75, 3.05) is 53.5 Å². The largest absolute Gasteiger partial charge is 0.480 e. The Bertz CT molecular complexity index is 318. The maximum absolute atomic E-state index is 11.6. The first kappa shape index (κ1) is 18.1. The lowest BCUT2D eigenvalue weighted by molar-refractivity contribution is -0.140. The molecule has 0 aromatic carbocycles. The average Bonchev–Trinajstić information content (AvgIpc) is 2.30. The van der Waals surface area contributed by atoms with Crippen molar-refractivity contribution in [2.45, 2.75) is 0 Å². The van der Waals surface area contributed by atoms with Crippen molar-refractivity contribution in [3.8, 4) is 0 Å². The minimum absolute atomic E-state index is 0.183. The van der Waals surface area contributed by atoms with Crippen LogP contribution in [-0.4, -0.2) is 91.5 Å². The molecule has 20 heavy (non-hydrogen) atoms. The Kier molecular flexibility index (Phi) is 9.05. The van der Waals surface area contributed by atoms with E-state index in [4.69, 9.17) is 14.9 Å². The molecule has 9 heteroatoms. The molecule has 0 saturated heterocycles. The van der Waals surface area contributed by atoms with Gasteiger partial charge in [-0.1, -0.05) is 0 Å². The maximum atomic E-state index is 11.6. The van der Waals surface area contributed by atoms with Crippen molar-refractivity contribution in [1.82, 2.24) is 15.1 Å². The number of rotatable bonds is 10. The van der Waals surface area contributed by atoms with Gasteiger partial charge >= 0.3 is 18.0 Å². The summed E-state index contributed by atoms with van der Waals surface area (Å²) in [4.78, 5) is 35.3. The van der Waals surface area contributed by atoms with Gasteiger partial charge < -0.3 is 30.1 Å². The van der Waals surface area contributed by atoms with E-state index in [0.717, 1.165) is 6.54 Å². The van der Waals surface area contributed by atoms with E-state index in [-0.39, 0.29) is 13.2 Å². The van der Waals surface area contributed by atoms with Crippen molar-refractivity contribution >= 4 is 18.0 Å². The highest BCUT2D eigenvalue weighted by Crippen LogP contribution is 1.90. The van der Waals surface area contributed by atoms with Gasteiger partial charge in [0.05, 0.1) is 13.2 Å². The first-order valence-corrected chi connectivity index (χ1v) is 6.01. The van der Waals surface area contributed by atoms with E-state index in [0.29, 0.717) is 11.5 Å². The van der Waals surface area contributed by atoms with Gasteiger partial charge in [0.1, 0.15) is 13.1 Å². The molecule has 0 radical (unpaired) electrons. The fourth-order valence-corrected chi connectivity index (χ4v) is 1.22. The molecule has 0 aromatic rings. The highest BCUT2D eigenvalue weighted by Gasteiger charge is 2.18. The quantitative estimate of drug-likeness (QED) is 0.430. The van der Waals surface area contributed by atoms with Crippen LogP contribution in [0.4, 0.5) is 4.79 Å². The molecule has 0 aromatic heterocycles. The third-order valence-electron chi connectivity index (χ3n) is 2.14. The van der Waals surface area contributed by atoms with Crippen LogP contribution in [0.3, 0.4) is 0 Å². The van der Waals surface area contributed by atoms with Crippen LogP contribution in [0.5, 0.6) is 0 Å². The van der Waals surface area contributed by atoms with Gasteiger partial charge in [0, 0.05) is 13.1 Å². The summed E-state index contributed by atoms with van der Waals surface area (Å²) in [5.41, 5.74) is 0. The Labute approximate surface area is 117 Å². The van der Waals surface area contributed by atoms with Gasteiger partial charge in [-0.05, 0) is 14.1 Å². The molecule has 0 heterocycles. The van der Waals surface area contributed by atoms with Gasteiger partial charge in [0.25, 0.3) is 0 Å². The summed E-state index contributed by atoms with van der Waals surface area (Å²) in [7, 11) is 3.81. The fraction of sp³-hybridized carbons (Fsp3) is 0.727. The van der Waals surface area contributed by atoms with Gasteiger partial charge in [0.2, 0.25) is 0 Å². The lowest BCUT2D eigenvalue weighted by Gasteiger charge is -2.19. The standard InChI is InChI=1S/C11H21N3O6/c1-13(2)4-6-20-5-3-12-11(19)14(7-9(15)16)8-10(17)18/h3-8H2,1-2H3,(H,12,19)(H,15,16)(H,17,18). The predicted octanol–water partition coefficient (Wildman–Crippen LogP) is -1.25. The average molecular weight is 291 g/mol. The molecule has 0 saturated carbocycles. The Hall–Kier alpha value is -1.87. The summed E-state index contributed by atoms with van der Waals surface area (Å²) in [5.74, 6) is -2.55. The van der Waals surface area contributed by atoms with Crippen molar-refractivity contribution < 1.29 is 29.3 Å². The van der Waals surface area contributed by atoms with E-state index in [9.17, 15) is 14.4 Å².